The summed E-state index contributed by atoms with van der Waals surface area (Å²) in [5.74, 6) is 0.891. The zero-order valence-corrected chi connectivity index (χ0v) is 21.3. The normalized spacial score (nSPS) is 11.4. The van der Waals surface area contributed by atoms with Crippen molar-refractivity contribution < 1.29 is 14.3 Å². The second-order valence-corrected chi connectivity index (χ2v) is 9.24. The highest BCUT2D eigenvalue weighted by Crippen LogP contribution is 2.31. The van der Waals surface area contributed by atoms with Gasteiger partial charge in [0.25, 0.3) is 0 Å². The fraction of sp³-hybridized carbons (Fsp3) is 0.233. The highest BCUT2D eigenvalue weighted by atomic mass is 16.5. The van der Waals surface area contributed by atoms with Crippen LogP contribution in [0.5, 0.6) is 5.75 Å². The largest absolute Gasteiger partial charge is 0.487 e. The van der Waals surface area contributed by atoms with Crippen LogP contribution in [0.3, 0.4) is 0 Å². The number of hydrogen-bond acceptors (Lipinski definition) is 6. The molecule has 2 N–H and O–H groups in total. The Labute approximate surface area is 215 Å². The minimum atomic E-state index is -0.272. The highest BCUT2D eigenvalue weighted by molar-refractivity contribution is 5.90. The number of para-hydroxylation sites is 1. The number of hydrogen-bond donors (Lipinski definition) is 1. The Hall–Kier alpha value is -4.39. The third-order valence-electron chi connectivity index (χ3n) is 6.29. The quantitative estimate of drug-likeness (QED) is 0.262. The molecule has 2 heterocycles. The molecule has 0 unspecified atom stereocenters. The number of nitrogen functional groups attached to an aromatic ring is 1. The highest BCUT2D eigenvalue weighted by Gasteiger charge is 2.16. The Morgan fingerprint density at radius 2 is 1.78 bits per heavy atom. The first-order valence-electron chi connectivity index (χ1n) is 12.5. The molecule has 0 aliphatic heterocycles. The summed E-state index contributed by atoms with van der Waals surface area (Å²) in [5, 5.41) is 6.96. The van der Waals surface area contributed by atoms with Crippen LogP contribution >= 0.6 is 0 Å². The van der Waals surface area contributed by atoms with Gasteiger partial charge in [0.15, 0.2) is 0 Å². The molecule has 2 aromatic heterocycles. The summed E-state index contributed by atoms with van der Waals surface area (Å²) < 4.78 is 13.4. The van der Waals surface area contributed by atoms with Crippen LogP contribution in [-0.4, -0.2) is 27.3 Å². The van der Waals surface area contributed by atoms with E-state index in [1.165, 1.54) is 0 Å². The number of aromatic nitrogens is 3. The molecular weight excluding hydrogens is 464 g/mol. The molecule has 5 aromatic rings. The third-order valence-corrected chi connectivity index (χ3v) is 6.29. The number of pyridine rings is 1. The van der Waals surface area contributed by atoms with Crippen molar-refractivity contribution >= 4 is 33.6 Å². The van der Waals surface area contributed by atoms with Gasteiger partial charge in [0.2, 0.25) is 0 Å². The van der Waals surface area contributed by atoms with Gasteiger partial charge in [0.1, 0.15) is 23.9 Å². The molecule has 5 rings (SSSR count). The molecule has 0 fully saturated rings. The van der Waals surface area contributed by atoms with E-state index in [2.05, 4.69) is 49.2 Å². The maximum absolute atomic E-state index is 12.1. The van der Waals surface area contributed by atoms with Crippen molar-refractivity contribution in [3.05, 3.63) is 84.1 Å². The number of carbonyl (C=O) groups is 1. The predicted molar refractivity (Wildman–Crippen MR) is 146 cm³/mol. The van der Waals surface area contributed by atoms with Crippen LogP contribution in [0.4, 0.5) is 5.82 Å². The second kappa shape index (κ2) is 10.3. The number of nitrogens with two attached hydrogens (primary N) is 1. The van der Waals surface area contributed by atoms with E-state index in [9.17, 15) is 4.79 Å². The second-order valence-electron chi connectivity index (χ2n) is 9.24. The molecule has 188 valence electrons. The molecule has 0 saturated carbocycles. The van der Waals surface area contributed by atoms with E-state index in [1.54, 1.807) is 6.92 Å². The first kappa shape index (κ1) is 24.3. The molecule has 0 amide bonds. The Morgan fingerprint density at radius 1 is 1.00 bits per heavy atom. The Kier molecular flexibility index (Phi) is 6.77. The van der Waals surface area contributed by atoms with E-state index in [-0.39, 0.29) is 25.0 Å². The summed E-state index contributed by atoms with van der Waals surface area (Å²) in [6, 6.07) is 24.1. The van der Waals surface area contributed by atoms with Crippen LogP contribution in [0.2, 0.25) is 0 Å². The summed E-state index contributed by atoms with van der Waals surface area (Å²) in [5.41, 5.74) is 11.6. The summed E-state index contributed by atoms with van der Waals surface area (Å²) in [4.78, 5) is 16.5. The van der Waals surface area contributed by atoms with Gasteiger partial charge in [-0.2, -0.15) is 5.10 Å². The SMILES string of the molecule is CCOC(=O)Cc1ccccc1OCc1nn(C(C)C)c2ccc(-c3ccc4nc(N)ccc4c3)cc12. The Morgan fingerprint density at radius 3 is 2.59 bits per heavy atom. The molecule has 0 atom stereocenters. The minimum absolute atomic E-state index is 0.164. The fourth-order valence-corrected chi connectivity index (χ4v) is 4.51. The lowest BCUT2D eigenvalue weighted by Crippen LogP contribution is -2.09. The average Bonchev–Trinajstić information content (AvgIpc) is 3.26. The van der Waals surface area contributed by atoms with Gasteiger partial charge in [-0.3, -0.25) is 9.48 Å². The van der Waals surface area contributed by atoms with Crippen LogP contribution in [0.15, 0.2) is 72.8 Å². The number of carbonyl (C=O) groups excluding carboxylic acids is 1. The van der Waals surface area contributed by atoms with E-state index in [0.717, 1.165) is 44.2 Å². The van der Waals surface area contributed by atoms with E-state index < -0.39 is 0 Å². The van der Waals surface area contributed by atoms with E-state index in [4.69, 9.17) is 20.3 Å². The molecule has 0 aliphatic rings. The van der Waals surface area contributed by atoms with Crippen LogP contribution < -0.4 is 10.5 Å². The van der Waals surface area contributed by atoms with Gasteiger partial charge in [0.05, 0.1) is 24.1 Å². The number of benzene rings is 3. The lowest BCUT2D eigenvalue weighted by molar-refractivity contribution is -0.142. The zero-order chi connectivity index (χ0) is 25.9. The van der Waals surface area contributed by atoms with Crippen molar-refractivity contribution in [2.75, 3.05) is 12.3 Å². The average molecular weight is 495 g/mol. The van der Waals surface area contributed by atoms with Crippen LogP contribution in [-0.2, 0) is 22.6 Å². The van der Waals surface area contributed by atoms with Gasteiger partial charge in [-0.25, -0.2) is 4.98 Å². The third kappa shape index (κ3) is 5.11. The maximum atomic E-state index is 12.1. The molecule has 0 radical (unpaired) electrons. The van der Waals surface area contributed by atoms with Gasteiger partial charge >= 0.3 is 5.97 Å². The number of ether oxygens (including phenoxy) is 2. The number of anilines is 1. The van der Waals surface area contributed by atoms with Crippen molar-refractivity contribution in [3.63, 3.8) is 0 Å². The molecule has 0 aliphatic carbocycles. The standard InChI is InChI=1S/C30H30N4O3/c1-4-36-30(35)17-23-7-5-6-8-28(23)37-18-26-24-16-21(10-13-27(24)34(33-26)19(2)3)20-9-12-25-22(15-20)11-14-29(31)32-25/h5-16,19H,4,17-18H2,1-3H3,(H2,31,32). The number of nitrogens with zero attached hydrogens (tertiary/aromatic N) is 3. The summed E-state index contributed by atoms with van der Waals surface area (Å²) in [6.45, 7) is 6.66. The van der Waals surface area contributed by atoms with Crippen LogP contribution in [0, 0.1) is 0 Å². The number of rotatable bonds is 8. The van der Waals surface area contributed by atoms with Crippen LogP contribution in [0.25, 0.3) is 32.9 Å². The molecule has 37 heavy (non-hydrogen) atoms. The minimum Gasteiger partial charge on any atom is -0.487 e. The van der Waals surface area contributed by atoms with Crippen molar-refractivity contribution in [3.8, 4) is 16.9 Å². The molecule has 0 spiro atoms. The molecular formula is C30H30N4O3. The summed E-state index contributed by atoms with van der Waals surface area (Å²) >= 11 is 0. The van der Waals surface area contributed by atoms with Crippen molar-refractivity contribution in [1.29, 1.82) is 0 Å². The van der Waals surface area contributed by atoms with Gasteiger partial charge < -0.3 is 15.2 Å². The monoisotopic (exact) mass is 494 g/mol. The van der Waals surface area contributed by atoms with E-state index in [1.807, 2.05) is 47.1 Å². The van der Waals surface area contributed by atoms with Crippen molar-refractivity contribution in [2.45, 2.75) is 39.8 Å². The molecule has 3 aromatic carbocycles. The molecule has 0 saturated heterocycles. The lowest BCUT2D eigenvalue weighted by atomic mass is 10.0. The summed E-state index contributed by atoms with van der Waals surface area (Å²) in [7, 11) is 0. The smallest absolute Gasteiger partial charge is 0.310 e. The Balaban J connectivity index is 1.49. The Bertz CT molecular complexity index is 1590. The fourth-order valence-electron chi connectivity index (χ4n) is 4.51. The first-order chi connectivity index (χ1) is 17.9. The lowest BCUT2D eigenvalue weighted by Gasteiger charge is -2.10. The van der Waals surface area contributed by atoms with E-state index >= 15 is 0 Å². The van der Waals surface area contributed by atoms with Crippen LogP contribution in [0.1, 0.15) is 38.1 Å². The molecule has 0 bridgehead atoms. The number of fused-ring (bicyclic) bond motifs is 2. The molecule has 7 nitrogen and oxygen atoms in total. The van der Waals surface area contributed by atoms with Gasteiger partial charge in [-0.15, -0.1) is 0 Å². The topological polar surface area (TPSA) is 92.3 Å². The van der Waals surface area contributed by atoms with E-state index in [0.29, 0.717) is 18.2 Å². The van der Waals surface area contributed by atoms with Gasteiger partial charge in [0, 0.05) is 22.4 Å². The predicted octanol–water partition coefficient (Wildman–Crippen LogP) is 6.10. The maximum Gasteiger partial charge on any atom is 0.310 e. The van der Waals surface area contributed by atoms with Crippen molar-refractivity contribution in [1.82, 2.24) is 14.8 Å². The number of esters is 1. The van der Waals surface area contributed by atoms with Gasteiger partial charge in [-0.1, -0.05) is 30.3 Å². The van der Waals surface area contributed by atoms with Crippen molar-refractivity contribution in [2.24, 2.45) is 0 Å². The van der Waals surface area contributed by atoms with Gasteiger partial charge in [-0.05, 0) is 74.4 Å². The molecule has 7 heteroatoms. The zero-order valence-electron chi connectivity index (χ0n) is 21.3. The summed E-state index contributed by atoms with van der Waals surface area (Å²) in [6.07, 6.45) is 0.164. The first-order valence-corrected chi connectivity index (χ1v) is 12.5.